The summed E-state index contributed by atoms with van der Waals surface area (Å²) in [6.07, 6.45) is 1.72. The number of hydrogen-bond donors (Lipinski definition) is 2. The maximum atomic E-state index is 11.3. The minimum absolute atomic E-state index is 0.248. The van der Waals surface area contributed by atoms with Crippen LogP contribution in [-0.2, 0) is 12.8 Å². The highest BCUT2D eigenvalue weighted by Gasteiger charge is 2.09. The third kappa shape index (κ3) is 4.62. The highest BCUT2D eigenvalue weighted by Crippen LogP contribution is 2.26. The van der Waals surface area contributed by atoms with Crippen LogP contribution in [0, 0.1) is 0 Å². The SMILES string of the molecule is COc1ccc(CCc2ccc(Nc3ccccc3C(=O)O)cc2)c(OC)c1. The van der Waals surface area contributed by atoms with Gasteiger partial charge in [-0.25, -0.2) is 4.79 Å². The van der Waals surface area contributed by atoms with Gasteiger partial charge in [-0.15, -0.1) is 0 Å². The van der Waals surface area contributed by atoms with Gasteiger partial charge in [0.1, 0.15) is 11.5 Å². The minimum Gasteiger partial charge on any atom is -0.497 e. The quantitative estimate of drug-likeness (QED) is 0.582. The molecule has 0 spiro atoms. The summed E-state index contributed by atoms with van der Waals surface area (Å²) >= 11 is 0. The summed E-state index contributed by atoms with van der Waals surface area (Å²) < 4.78 is 10.7. The van der Waals surface area contributed by atoms with Gasteiger partial charge >= 0.3 is 5.97 Å². The molecule has 3 aromatic rings. The number of ether oxygens (including phenoxy) is 2. The zero-order valence-corrected chi connectivity index (χ0v) is 15.9. The summed E-state index contributed by atoms with van der Waals surface area (Å²) in [6, 6.07) is 20.7. The Bertz CT molecular complexity index is 951. The van der Waals surface area contributed by atoms with Crippen LogP contribution in [0.3, 0.4) is 0 Å². The van der Waals surface area contributed by atoms with Crippen molar-refractivity contribution < 1.29 is 19.4 Å². The molecule has 0 aliphatic carbocycles. The summed E-state index contributed by atoms with van der Waals surface area (Å²) in [4.78, 5) is 11.3. The van der Waals surface area contributed by atoms with E-state index in [1.165, 1.54) is 5.56 Å². The molecule has 0 heterocycles. The number of aryl methyl sites for hydroxylation is 2. The van der Waals surface area contributed by atoms with Crippen molar-refractivity contribution in [3.8, 4) is 11.5 Å². The fourth-order valence-electron chi connectivity index (χ4n) is 3.03. The second-order valence-electron chi connectivity index (χ2n) is 6.35. The van der Waals surface area contributed by atoms with Gasteiger partial charge in [-0.1, -0.05) is 30.3 Å². The summed E-state index contributed by atoms with van der Waals surface area (Å²) in [5.74, 6) is 0.647. The summed E-state index contributed by atoms with van der Waals surface area (Å²) in [5, 5.41) is 12.5. The molecular formula is C23H23NO4. The standard InChI is InChI=1S/C23H23NO4/c1-27-19-14-11-17(22(15-19)28-2)10-7-16-8-12-18(13-9-16)24-21-6-4-3-5-20(21)23(25)26/h3-6,8-9,11-15,24H,7,10H2,1-2H3,(H,25,26). The van der Waals surface area contributed by atoms with Gasteiger partial charge in [-0.2, -0.15) is 0 Å². The van der Waals surface area contributed by atoms with Crippen LogP contribution < -0.4 is 14.8 Å². The number of carbonyl (C=O) groups is 1. The van der Waals surface area contributed by atoms with E-state index in [0.29, 0.717) is 5.69 Å². The number of hydrogen-bond acceptors (Lipinski definition) is 4. The second kappa shape index (κ2) is 8.95. The Balaban J connectivity index is 1.66. The molecule has 3 rings (SSSR count). The topological polar surface area (TPSA) is 67.8 Å². The Morgan fingerprint density at radius 2 is 1.68 bits per heavy atom. The van der Waals surface area contributed by atoms with E-state index in [0.717, 1.165) is 35.6 Å². The minimum atomic E-state index is -0.951. The predicted molar refractivity (Wildman–Crippen MR) is 110 cm³/mol. The fourth-order valence-corrected chi connectivity index (χ4v) is 3.03. The van der Waals surface area contributed by atoms with Crippen molar-refractivity contribution in [1.29, 1.82) is 0 Å². The summed E-state index contributed by atoms with van der Waals surface area (Å²) in [5.41, 5.74) is 3.99. The van der Waals surface area contributed by atoms with Crippen LogP contribution in [0.2, 0.25) is 0 Å². The number of carboxylic acids is 1. The first-order chi connectivity index (χ1) is 13.6. The molecule has 0 atom stereocenters. The Hall–Kier alpha value is -3.47. The number of nitrogens with one attached hydrogen (secondary N) is 1. The van der Waals surface area contributed by atoms with Gasteiger partial charge < -0.3 is 19.9 Å². The third-order valence-corrected chi connectivity index (χ3v) is 4.57. The van der Waals surface area contributed by atoms with E-state index in [1.54, 1.807) is 32.4 Å². The first-order valence-electron chi connectivity index (χ1n) is 9.00. The lowest BCUT2D eigenvalue weighted by molar-refractivity contribution is 0.0698. The number of rotatable bonds is 8. The van der Waals surface area contributed by atoms with Gasteiger partial charge in [0, 0.05) is 11.8 Å². The molecule has 0 saturated heterocycles. The van der Waals surface area contributed by atoms with Gasteiger partial charge in [0.2, 0.25) is 0 Å². The van der Waals surface area contributed by atoms with E-state index in [-0.39, 0.29) is 5.56 Å². The van der Waals surface area contributed by atoms with Crippen LogP contribution in [0.15, 0.2) is 66.7 Å². The van der Waals surface area contributed by atoms with Crippen molar-refractivity contribution in [2.45, 2.75) is 12.8 Å². The Kier molecular flexibility index (Phi) is 6.17. The summed E-state index contributed by atoms with van der Waals surface area (Å²) in [7, 11) is 3.30. The highest BCUT2D eigenvalue weighted by atomic mass is 16.5. The molecule has 144 valence electrons. The number of anilines is 2. The van der Waals surface area contributed by atoms with Crippen LogP contribution in [0.25, 0.3) is 0 Å². The molecule has 0 aliphatic heterocycles. The van der Waals surface area contributed by atoms with Crippen molar-refractivity contribution in [3.63, 3.8) is 0 Å². The zero-order valence-electron chi connectivity index (χ0n) is 15.9. The van der Waals surface area contributed by atoms with Crippen molar-refractivity contribution in [2.75, 3.05) is 19.5 Å². The first kappa shape index (κ1) is 19.3. The van der Waals surface area contributed by atoms with Gasteiger partial charge in [0.15, 0.2) is 0 Å². The molecule has 28 heavy (non-hydrogen) atoms. The number of aromatic carboxylic acids is 1. The smallest absolute Gasteiger partial charge is 0.337 e. The van der Waals surface area contributed by atoms with Gasteiger partial charge in [0.05, 0.1) is 25.5 Å². The molecule has 0 aromatic heterocycles. The maximum absolute atomic E-state index is 11.3. The molecule has 0 amide bonds. The molecule has 0 saturated carbocycles. The van der Waals surface area contributed by atoms with E-state index in [4.69, 9.17) is 9.47 Å². The lowest BCUT2D eigenvalue weighted by Crippen LogP contribution is -2.02. The Morgan fingerprint density at radius 1 is 0.929 bits per heavy atom. The van der Waals surface area contributed by atoms with Crippen molar-refractivity contribution >= 4 is 17.3 Å². The van der Waals surface area contributed by atoms with Crippen molar-refractivity contribution in [1.82, 2.24) is 0 Å². The van der Waals surface area contributed by atoms with Crippen LogP contribution >= 0.6 is 0 Å². The Morgan fingerprint density at radius 3 is 2.36 bits per heavy atom. The molecule has 0 unspecified atom stereocenters. The lowest BCUT2D eigenvalue weighted by atomic mass is 10.0. The molecule has 5 nitrogen and oxygen atoms in total. The molecule has 2 N–H and O–H groups in total. The molecule has 3 aromatic carbocycles. The zero-order chi connectivity index (χ0) is 19.9. The van der Waals surface area contributed by atoms with Crippen molar-refractivity contribution in [3.05, 3.63) is 83.4 Å². The van der Waals surface area contributed by atoms with E-state index < -0.39 is 5.97 Å². The third-order valence-electron chi connectivity index (χ3n) is 4.57. The fraction of sp³-hybridized carbons (Fsp3) is 0.174. The van der Waals surface area contributed by atoms with Crippen LogP contribution in [0.4, 0.5) is 11.4 Å². The molecular weight excluding hydrogens is 354 g/mol. The van der Waals surface area contributed by atoms with Gasteiger partial charge in [0.25, 0.3) is 0 Å². The molecule has 5 heteroatoms. The normalized spacial score (nSPS) is 10.4. The highest BCUT2D eigenvalue weighted by molar-refractivity contribution is 5.95. The average molecular weight is 377 g/mol. The average Bonchev–Trinajstić information content (AvgIpc) is 2.73. The van der Waals surface area contributed by atoms with E-state index in [1.807, 2.05) is 48.5 Å². The second-order valence-corrected chi connectivity index (χ2v) is 6.35. The first-order valence-corrected chi connectivity index (χ1v) is 9.00. The van der Waals surface area contributed by atoms with Crippen molar-refractivity contribution in [2.24, 2.45) is 0 Å². The van der Waals surface area contributed by atoms with Crippen LogP contribution in [0.1, 0.15) is 21.5 Å². The number of carboxylic acid groups (broad SMARTS) is 1. The predicted octanol–water partition coefficient (Wildman–Crippen LogP) is 4.93. The molecule has 0 bridgehead atoms. The number of methoxy groups -OCH3 is 2. The van der Waals surface area contributed by atoms with E-state index >= 15 is 0 Å². The molecule has 0 aliphatic rings. The Labute approximate surface area is 164 Å². The number of benzene rings is 3. The lowest BCUT2D eigenvalue weighted by Gasteiger charge is -2.12. The van der Waals surface area contributed by atoms with Gasteiger partial charge in [-0.05, 0) is 54.3 Å². The number of para-hydroxylation sites is 1. The monoisotopic (exact) mass is 377 g/mol. The maximum Gasteiger partial charge on any atom is 0.337 e. The summed E-state index contributed by atoms with van der Waals surface area (Å²) in [6.45, 7) is 0. The van der Waals surface area contributed by atoms with Crippen LogP contribution in [-0.4, -0.2) is 25.3 Å². The molecule has 0 radical (unpaired) electrons. The van der Waals surface area contributed by atoms with Gasteiger partial charge in [-0.3, -0.25) is 0 Å². The van der Waals surface area contributed by atoms with E-state index in [9.17, 15) is 9.90 Å². The van der Waals surface area contributed by atoms with Crippen LogP contribution in [0.5, 0.6) is 11.5 Å². The van der Waals surface area contributed by atoms with E-state index in [2.05, 4.69) is 5.32 Å². The molecule has 0 fully saturated rings. The largest absolute Gasteiger partial charge is 0.497 e.